The Morgan fingerprint density at radius 2 is 1.86 bits per heavy atom. The lowest BCUT2D eigenvalue weighted by Gasteiger charge is -2.26. The van der Waals surface area contributed by atoms with Gasteiger partial charge >= 0.3 is 0 Å². The minimum Gasteiger partial charge on any atom is -0.466 e. The smallest absolute Gasteiger partial charge is 0.167 e. The number of hydrogen-bond donors (Lipinski definition) is 0. The number of hydrogen-bond acceptors (Lipinski definition) is 3. The van der Waals surface area contributed by atoms with Gasteiger partial charge in [-0.05, 0) is 39.3 Å². The minimum absolute atomic E-state index is 0.160. The average molecular weight is 299 g/mol. The second-order valence-electron chi connectivity index (χ2n) is 6.05. The molecule has 0 aliphatic carbocycles. The van der Waals surface area contributed by atoms with Crippen LogP contribution in [0.5, 0.6) is 0 Å². The summed E-state index contributed by atoms with van der Waals surface area (Å²) >= 11 is 0. The van der Waals surface area contributed by atoms with Gasteiger partial charge in [-0.1, -0.05) is 30.3 Å². The van der Waals surface area contributed by atoms with Crippen LogP contribution in [0, 0.1) is 13.8 Å². The van der Waals surface area contributed by atoms with E-state index in [-0.39, 0.29) is 5.78 Å². The number of Topliss-reactive ketones (excluding diaryl/α,β-unsaturated/α-hetero) is 1. The molecule has 0 fully saturated rings. The quantitative estimate of drug-likeness (QED) is 0.711. The van der Waals surface area contributed by atoms with E-state index in [1.165, 1.54) is 5.56 Å². The first kappa shape index (κ1) is 16.5. The molecule has 0 saturated carbocycles. The predicted octanol–water partition coefficient (Wildman–Crippen LogP) is 4.38. The summed E-state index contributed by atoms with van der Waals surface area (Å²) < 4.78 is 5.45. The molecule has 3 nitrogen and oxygen atoms in total. The monoisotopic (exact) mass is 299 g/mol. The van der Waals surface area contributed by atoms with Gasteiger partial charge in [-0.15, -0.1) is 0 Å². The number of nitrogens with zero attached hydrogens (tertiary/aromatic N) is 1. The number of carbonyl (C=O) groups is 1. The van der Waals surface area contributed by atoms with Crippen molar-refractivity contribution in [1.29, 1.82) is 0 Å². The molecule has 2 aromatic rings. The van der Waals surface area contributed by atoms with Crippen molar-refractivity contribution in [3.8, 4) is 0 Å². The Bertz CT molecular complexity index is 614. The van der Waals surface area contributed by atoms with Crippen LogP contribution >= 0.6 is 0 Å². The van der Waals surface area contributed by atoms with Gasteiger partial charge in [0.25, 0.3) is 0 Å². The molecule has 0 N–H and O–H groups in total. The van der Waals surface area contributed by atoms with Gasteiger partial charge in [0, 0.05) is 25.6 Å². The van der Waals surface area contributed by atoms with E-state index in [2.05, 4.69) is 43.0 Å². The first-order chi connectivity index (χ1) is 10.5. The first-order valence-corrected chi connectivity index (χ1v) is 7.85. The molecule has 118 valence electrons. The Hall–Kier alpha value is -1.87. The Kier molecular flexibility index (Phi) is 5.56. The molecule has 0 unspecified atom stereocenters. The number of rotatable bonds is 7. The summed E-state index contributed by atoms with van der Waals surface area (Å²) in [6.45, 7) is 9.69. The van der Waals surface area contributed by atoms with E-state index in [1.54, 1.807) is 0 Å². The zero-order chi connectivity index (χ0) is 16.1. The lowest BCUT2D eigenvalue weighted by atomic mass is 10.1. The van der Waals surface area contributed by atoms with Crippen molar-refractivity contribution in [3.05, 3.63) is 59.0 Å². The summed E-state index contributed by atoms with van der Waals surface area (Å²) in [5.74, 6) is 1.68. The molecule has 0 amide bonds. The summed E-state index contributed by atoms with van der Waals surface area (Å²) in [6, 6.07) is 12.6. The van der Waals surface area contributed by atoms with Crippen molar-refractivity contribution in [2.24, 2.45) is 0 Å². The molecule has 0 saturated heterocycles. The normalized spacial score (nSPS) is 11.4. The van der Waals surface area contributed by atoms with Crippen molar-refractivity contribution in [2.75, 3.05) is 6.54 Å². The zero-order valence-electron chi connectivity index (χ0n) is 13.9. The maximum absolute atomic E-state index is 12.4. The fourth-order valence-electron chi connectivity index (χ4n) is 2.63. The minimum atomic E-state index is 0.160. The molecule has 0 radical (unpaired) electrons. The topological polar surface area (TPSA) is 33.5 Å². The van der Waals surface area contributed by atoms with Gasteiger partial charge < -0.3 is 4.42 Å². The number of furan rings is 1. The van der Waals surface area contributed by atoms with Crippen LogP contribution < -0.4 is 0 Å². The van der Waals surface area contributed by atoms with E-state index in [4.69, 9.17) is 4.42 Å². The summed E-state index contributed by atoms with van der Waals surface area (Å²) in [5, 5.41) is 0. The van der Waals surface area contributed by atoms with Crippen LogP contribution in [0.2, 0.25) is 0 Å². The van der Waals surface area contributed by atoms with Crippen molar-refractivity contribution in [3.63, 3.8) is 0 Å². The van der Waals surface area contributed by atoms with Crippen LogP contribution in [-0.4, -0.2) is 23.3 Å². The van der Waals surface area contributed by atoms with Gasteiger partial charge in [0.1, 0.15) is 11.5 Å². The average Bonchev–Trinajstić information content (AvgIpc) is 2.82. The third-order valence-corrected chi connectivity index (χ3v) is 3.93. The fourth-order valence-corrected chi connectivity index (χ4v) is 2.63. The summed E-state index contributed by atoms with van der Waals surface area (Å²) in [6.07, 6.45) is 0.519. The largest absolute Gasteiger partial charge is 0.466 e. The predicted molar refractivity (Wildman–Crippen MR) is 89.1 cm³/mol. The van der Waals surface area contributed by atoms with E-state index >= 15 is 0 Å². The SMILES string of the molecule is Cc1cc(C(=O)CCN(Cc2ccccc2)C(C)C)c(C)o1. The van der Waals surface area contributed by atoms with Gasteiger partial charge in [0.2, 0.25) is 0 Å². The van der Waals surface area contributed by atoms with E-state index in [0.717, 1.165) is 30.2 Å². The zero-order valence-corrected chi connectivity index (χ0v) is 13.9. The molecule has 0 aliphatic heterocycles. The number of benzene rings is 1. The van der Waals surface area contributed by atoms with E-state index < -0.39 is 0 Å². The van der Waals surface area contributed by atoms with Crippen LogP contribution in [0.25, 0.3) is 0 Å². The van der Waals surface area contributed by atoms with Crippen LogP contribution in [0.4, 0.5) is 0 Å². The lowest BCUT2D eigenvalue weighted by molar-refractivity contribution is 0.0951. The second kappa shape index (κ2) is 7.41. The van der Waals surface area contributed by atoms with E-state index in [1.807, 2.05) is 26.0 Å². The summed E-state index contributed by atoms with van der Waals surface area (Å²) in [5.41, 5.74) is 2.00. The Morgan fingerprint density at radius 3 is 2.41 bits per heavy atom. The Morgan fingerprint density at radius 1 is 1.18 bits per heavy atom. The van der Waals surface area contributed by atoms with Gasteiger partial charge in [-0.25, -0.2) is 0 Å². The standard InChI is InChI=1S/C19H25NO2/c1-14(2)20(13-17-8-6-5-7-9-17)11-10-19(21)18-12-15(3)22-16(18)4/h5-9,12,14H,10-11,13H2,1-4H3. The Balaban J connectivity index is 1.97. The molecule has 0 bridgehead atoms. The highest BCUT2D eigenvalue weighted by atomic mass is 16.3. The Labute approximate surface area is 132 Å². The summed E-state index contributed by atoms with van der Waals surface area (Å²) in [7, 11) is 0. The number of carbonyl (C=O) groups excluding carboxylic acids is 1. The van der Waals surface area contributed by atoms with E-state index in [0.29, 0.717) is 12.5 Å². The van der Waals surface area contributed by atoms with Gasteiger partial charge in [0.15, 0.2) is 5.78 Å². The first-order valence-electron chi connectivity index (χ1n) is 7.85. The molecule has 22 heavy (non-hydrogen) atoms. The molecule has 1 aromatic heterocycles. The third-order valence-electron chi connectivity index (χ3n) is 3.93. The van der Waals surface area contributed by atoms with Gasteiger partial charge in [-0.3, -0.25) is 9.69 Å². The molecule has 0 aliphatic rings. The molecule has 0 atom stereocenters. The summed E-state index contributed by atoms with van der Waals surface area (Å²) in [4.78, 5) is 14.7. The van der Waals surface area contributed by atoms with Crippen LogP contribution in [0.15, 0.2) is 40.8 Å². The van der Waals surface area contributed by atoms with Crippen molar-refractivity contribution >= 4 is 5.78 Å². The molecule has 1 heterocycles. The maximum Gasteiger partial charge on any atom is 0.167 e. The molecular formula is C19H25NO2. The van der Waals surface area contributed by atoms with Gasteiger partial charge in [-0.2, -0.15) is 0 Å². The highest BCUT2D eigenvalue weighted by Crippen LogP contribution is 2.17. The van der Waals surface area contributed by atoms with Crippen molar-refractivity contribution in [2.45, 2.75) is 46.7 Å². The highest BCUT2D eigenvalue weighted by Gasteiger charge is 2.16. The van der Waals surface area contributed by atoms with Crippen LogP contribution in [-0.2, 0) is 6.54 Å². The molecule has 0 spiro atoms. The number of ketones is 1. The molecule has 2 rings (SSSR count). The van der Waals surface area contributed by atoms with Gasteiger partial charge in [0.05, 0.1) is 5.56 Å². The molecule has 1 aromatic carbocycles. The van der Waals surface area contributed by atoms with Crippen LogP contribution in [0.1, 0.15) is 47.7 Å². The second-order valence-corrected chi connectivity index (χ2v) is 6.05. The van der Waals surface area contributed by atoms with Crippen LogP contribution in [0.3, 0.4) is 0 Å². The van der Waals surface area contributed by atoms with E-state index in [9.17, 15) is 4.79 Å². The lowest BCUT2D eigenvalue weighted by Crippen LogP contribution is -2.32. The fraction of sp³-hybridized carbons (Fsp3) is 0.421. The van der Waals surface area contributed by atoms with Crippen molar-refractivity contribution < 1.29 is 9.21 Å². The number of aryl methyl sites for hydroxylation is 2. The highest BCUT2D eigenvalue weighted by molar-refractivity contribution is 5.97. The molecular weight excluding hydrogens is 274 g/mol. The molecule has 3 heteroatoms. The van der Waals surface area contributed by atoms with Crippen molar-refractivity contribution in [1.82, 2.24) is 4.90 Å². The maximum atomic E-state index is 12.4. The third kappa shape index (κ3) is 4.31.